The first kappa shape index (κ1) is 9.41. The summed E-state index contributed by atoms with van der Waals surface area (Å²) in [5, 5.41) is 0.964. The zero-order valence-corrected chi connectivity index (χ0v) is 9.10. The second-order valence-electron chi connectivity index (χ2n) is 3.22. The number of benzene rings is 1. The summed E-state index contributed by atoms with van der Waals surface area (Å²) in [4.78, 5) is 1.21. The second kappa shape index (κ2) is 3.93. The Bertz CT molecular complexity index is 398. The molecule has 0 unspecified atom stereocenters. The fourth-order valence-electron chi connectivity index (χ4n) is 1.19. The molecule has 0 radical (unpaired) electrons. The third-order valence-corrected chi connectivity index (χ3v) is 3.02. The topological polar surface area (TPSA) is 13.1 Å². The van der Waals surface area contributed by atoms with Gasteiger partial charge in [0.2, 0.25) is 0 Å². The molecule has 0 saturated carbocycles. The lowest BCUT2D eigenvalue weighted by Gasteiger charge is -1.95. The van der Waals surface area contributed by atoms with E-state index >= 15 is 0 Å². The van der Waals surface area contributed by atoms with Crippen LogP contribution in [0.4, 0.5) is 0 Å². The summed E-state index contributed by atoms with van der Waals surface area (Å²) >= 11 is 1.66. The summed E-state index contributed by atoms with van der Waals surface area (Å²) in [6, 6.07) is 12.3. The molecule has 0 aliphatic carbocycles. The smallest absolute Gasteiger partial charge is 0.165 e. The lowest BCUT2D eigenvalue weighted by atomic mass is 10.3. The molecule has 1 heterocycles. The molecule has 2 aromatic rings. The largest absolute Gasteiger partial charge is 0.455 e. The van der Waals surface area contributed by atoms with Crippen molar-refractivity contribution in [1.82, 2.24) is 0 Å². The van der Waals surface area contributed by atoms with Gasteiger partial charge in [-0.2, -0.15) is 0 Å². The van der Waals surface area contributed by atoms with Crippen LogP contribution in [0.5, 0.6) is 0 Å². The molecule has 1 aromatic heterocycles. The van der Waals surface area contributed by atoms with Crippen molar-refractivity contribution in [3.63, 3.8) is 0 Å². The van der Waals surface area contributed by atoms with Gasteiger partial charge in [0.15, 0.2) is 5.09 Å². The van der Waals surface area contributed by atoms with Crippen LogP contribution in [0.2, 0.25) is 0 Å². The van der Waals surface area contributed by atoms with Gasteiger partial charge in [0.1, 0.15) is 5.76 Å². The first-order chi connectivity index (χ1) is 6.75. The summed E-state index contributed by atoms with van der Waals surface area (Å²) in [7, 11) is 0. The number of hydrogen-bond acceptors (Lipinski definition) is 2. The van der Waals surface area contributed by atoms with E-state index in [1.807, 2.05) is 25.1 Å². The molecule has 0 bridgehead atoms. The molecule has 0 amide bonds. The van der Waals surface area contributed by atoms with E-state index in [0.717, 1.165) is 10.9 Å². The van der Waals surface area contributed by atoms with Gasteiger partial charge >= 0.3 is 0 Å². The minimum absolute atomic E-state index is 0.964. The molecule has 0 N–H and O–H groups in total. The maximum absolute atomic E-state index is 5.58. The molecule has 0 saturated heterocycles. The number of aryl methyl sites for hydroxylation is 2. The van der Waals surface area contributed by atoms with Crippen molar-refractivity contribution in [2.75, 3.05) is 0 Å². The second-order valence-corrected chi connectivity index (χ2v) is 4.30. The van der Waals surface area contributed by atoms with Gasteiger partial charge in [0, 0.05) is 4.90 Å². The van der Waals surface area contributed by atoms with Crippen LogP contribution in [-0.2, 0) is 0 Å². The number of rotatable bonds is 2. The van der Waals surface area contributed by atoms with E-state index in [2.05, 4.69) is 25.1 Å². The highest BCUT2D eigenvalue weighted by molar-refractivity contribution is 7.99. The Kier molecular flexibility index (Phi) is 2.64. The molecular formula is C12H12OS. The van der Waals surface area contributed by atoms with Crippen LogP contribution in [0.1, 0.15) is 11.3 Å². The standard InChI is InChI=1S/C12H12OS/c1-9-8-12(13-10(9)2)14-11-6-4-3-5-7-11/h3-8H,1-2H3. The fourth-order valence-corrected chi connectivity index (χ4v) is 2.12. The third kappa shape index (κ3) is 2.02. The van der Waals surface area contributed by atoms with Gasteiger partial charge in [-0.15, -0.1) is 0 Å². The van der Waals surface area contributed by atoms with Crippen LogP contribution < -0.4 is 0 Å². The fraction of sp³-hybridized carbons (Fsp3) is 0.167. The molecule has 1 aromatic carbocycles. The van der Waals surface area contributed by atoms with Gasteiger partial charge in [-0.1, -0.05) is 30.0 Å². The average molecular weight is 204 g/mol. The Morgan fingerprint density at radius 1 is 1.07 bits per heavy atom. The predicted octanol–water partition coefficient (Wildman–Crippen LogP) is 4.05. The number of furan rings is 1. The monoisotopic (exact) mass is 204 g/mol. The van der Waals surface area contributed by atoms with E-state index < -0.39 is 0 Å². The first-order valence-corrected chi connectivity index (χ1v) is 5.37. The molecule has 72 valence electrons. The van der Waals surface area contributed by atoms with E-state index in [1.165, 1.54) is 10.5 Å². The van der Waals surface area contributed by atoms with Gasteiger partial charge < -0.3 is 4.42 Å². The van der Waals surface area contributed by atoms with Crippen LogP contribution in [0.15, 0.2) is 50.8 Å². The Labute approximate surface area is 88.1 Å². The summed E-state index contributed by atoms with van der Waals surface area (Å²) in [6.45, 7) is 4.05. The van der Waals surface area contributed by atoms with E-state index in [1.54, 1.807) is 11.8 Å². The lowest BCUT2D eigenvalue weighted by molar-refractivity contribution is 0.447. The molecule has 1 nitrogen and oxygen atoms in total. The van der Waals surface area contributed by atoms with Crippen molar-refractivity contribution in [2.45, 2.75) is 23.8 Å². The van der Waals surface area contributed by atoms with Crippen LogP contribution in [0.3, 0.4) is 0 Å². The third-order valence-electron chi connectivity index (χ3n) is 2.11. The van der Waals surface area contributed by atoms with Gasteiger partial charge in [-0.05, 0) is 37.6 Å². The van der Waals surface area contributed by atoms with E-state index in [4.69, 9.17) is 4.42 Å². The highest BCUT2D eigenvalue weighted by Gasteiger charge is 2.04. The molecule has 2 heteroatoms. The zero-order chi connectivity index (χ0) is 9.97. The van der Waals surface area contributed by atoms with Gasteiger partial charge in [0.05, 0.1) is 0 Å². The van der Waals surface area contributed by atoms with Gasteiger partial charge in [0.25, 0.3) is 0 Å². The number of hydrogen-bond donors (Lipinski definition) is 0. The minimum Gasteiger partial charge on any atom is -0.455 e. The molecule has 0 fully saturated rings. The van der Waals surface area contributed by atoms with Crippen LogP contribution in [0, 0.1) is 13.8 Å². The molecular weight excluding hydrogens is 192 g/mol. The maximum Gasteiger partial charge on any atom is 0.165 e. The van der Waals surface area contributed by atoms with Crippen molar-refractivity contribution >= 4 is 11.8 Å². The minimum atomic E-state index is 0.964. The normalized spacial score (nSPS) is 10.4. The van der Waals surface area contributed by atoms with Crippen molar-refractivity contribution in [1.29, 1.82) is 0 Å². The van der Waals surface area contributed by atoms with E-state index in [9.17, 15) is 0 Å². The van der Waals surface area contributed by atoms with Gasteiger partial charge in [-0.3, -0.25) is 0 Å². The first-order valence-electron chi connectivity index (χ1n) is 4.55. The van der Waals surface area contributed by atoms with E-state index in [-0.39, 0.29) is 0 Å². The molecule has 0 spiro atoms. The molecule has 0 atom stereocenters. The van der Waals surface area contributed by atoms with E-state index in [0.29, 0.717) is 0 Å². The molecule has 2 rings (SSSR count). The summed E-state index contributed by atoms with van der Waals surface area (Å²) in [5.74, 6) is 1.00. The Balaban J connectivity index is 2.19. The Morgan fingerprint density at radius 3 is 2.36 bits per heavy atom. The highest BCUT2D eigenvalue weighted by Crippen LogP contribution is 2.30. The summed E-state index contributed by atoms with van der Waals surface area (Å²) in [6.07, 6.45) is 0. The molecule has 0 aliphatic rings. The molecule has 14 heavy (non-hydrogen) atoms. The quantitative estimate of drug-likeness (QED) is 0.732. The molecule has 0 aliphatic heterocycles. The summed E-state index contributed by atoms with van der Waals surface area (Å²) < 4.78 is 5.58. The Morgan fingerprint density at radius 2 is 1.79 bits per heavy atom. The zero-order valence-electron chi connectivity index (χ0n) is 8.28. The lowest BCUT2D eigenvalue weighted by Crippen LogP contribution is -1.67. The van der Waals surface area contributed by atoms with Crippen molar-refractivity contribution in [3.05, 3.63) is 47.7 Å². The maximum atomic E-state index is 5.58. The average Bonchev–Trinajstić information content (AvgIpc) is 2.47. The van der Waals surface area contributed by atoms with Crippen molar-refractivity contribution < 1.29 is 4.42 Å². The van der Waals surface area contributed by atoms with Crippen LogP contribution >= 0.6 is 11.8 Å². The van der Waals surface area contributed by atoms with Crippen LogP contribution in [-0.4, -0.2) is 0 Å². The SMILES string of the molecule is Cc1cc(Sc2ccccc2)oc1C. The van der Waals surface area contributed by atoms with Gasteiger partial charge in [-0.25, -0.2) is 0 Å². The van der Waals surface area contributed by atoms with Crippen molar-refractivity contribution in [2.24, 2.45) is 0 Å². The Hall–Kier alpha value is -1.15. The highest BCUT2D eigenvalue weighted by atomic mass is 32.2. The summed E-state index contributed by atoms with van der Waals surface area (Å²) in [5.41, 5.74) is 1.21. The van der Waals surface area contributed by atoms with Crippen LogP contribution in [0.25, 0.3) is 0 Å². The predicted molar refractivity (Wildman–Crippen MR) is 58.7 cm³/mol. The van der Waals surface area contributed by atoms with Crippen molar-refractivity contribution in [3.8, 4) is 0 Å².